The van der Waals surface area contributed by atoms with Crippen molar-refractivity contribution in [2.75, 3.05) is 18.0 Å². The minimum Gasteiger partial charge on any atom is -0.480 e. The fraction of sp³-hybridized carbons (Fsp3) is 0.524. The molecule has 0 aliphatic carbocycles. The Morgan fingerprint density at radius 1 is 1.20 bits per heavy atom. The molecule has 2 atom stereocenters. The van der Waals surface area contributed by atoms with Gasteiger partial charge in [0.15, 0.2) is 0 Å². The van der Waals surface area contributed by atoms with Gasteiger partial charge in [-0.1, -0.05) is 26.0 Å². The summed E-state index contributed by atoms with van der Waals surface area (Å²) in [4.78, 5) is 45.3. The Kier molecular flexibility index (Phi) is 5.36. The number of aromatic nitrogens is 2. The van der Waals surface area contributed by atoms with Crippen LogP contribution >= 0.6 is 0 Å². The normalized spacial score (nSPS) is 19.4. The molecule has 2 aliphatic rings. The quantitative estimate of drug-likeness (QED) is 0.780. The summed E-state index contributed by atoms with van der Waals surface area (Å²) in [5, 5.41) is 12.3. The molecule has 1 fully saturated rings. The average molecular weight is 413 g/mol. The molecule has 1 aromatic carbocycles. The highest BCUT2D eigenvalue weighted by atomic mass is 16.4. The number of nitrogens with one attached hydrogen (secondary N) is 1. The minimum absolute atomic E-state index is 0.160. The van der Waals surface area contributed by atoms with Crippen LogP contribution in [-0.2, 0) is 16.1 Å². The van der Waals surface area contributed by atoms with Crippen molar-refractivity contribution in [2.45, 2.75) is 51.7 Å². The van der Waals surface area contributed by atoms with E-state index < -0.39 is 18.1 Å². The fourth-order valence-electron chi connectivity index (χ4n) is 4.39. The van der Waals surface area contributed by atoms with Crippen LogP contribution in [-0.4, -0.2) is 62.6 Å². The molecule has 4 rings (SSSR count). The summed E-state index contributed by atoms with van der Waals surface area (Å²) in [5.74, 6) is -0.597. The van der Waals surface area contributed by atoms with E-state index >= 15 is 0 Å². The topological polar surface area (TPSA) is 108 Å². The van der Waals surface area contributed by atoms with Crippen LogP contribution in [0.1, 0.15) is 33.1 Å². The monoisotopic (exact) mass is 413 g/mol. The van der Waals surface area contributed by atoms with Gasteiger partial charge in [0.05, 0.1) is 11.0 Å². The summed E-state index contributed by atoms with van der Waals surface area (Å²) in [6.07, 6.45) is 1.54. The highest BCUT2D eigenvalue weighted by Crippen LogP contribution is 2.27. The number of likely N-dealkylation sites (tertiary alicyclic amines) is 1. The number of carbonyl (C=O) groups is 3. The number of benzene rings is 1. The molecule has 0 radical (unpaired) electrons. The largest absolute Gasteiger partial charge is 0.480 e. The molecule has 2 N–H and O–H groups in total. The Morgan fingerprint density at radius 2 is 1.97 bits per heavy atom. The van der Waals surface area contributed by atoms with Crippen LogP contribution in [0.15, 0.2) is 24.3 Å². The number of carbonyl (C=O) groups excluding carboxylic acids is 2. The van der Waals surface area contributed by atoms with Gasteiger partial charge in [0.1, 0.15) is 12.1 Å². The van der Waals surface area contributed by atoms with Crippen LogP contribution < -0.4 is 10.2 Å². The van der Waals surface area contributed by atoms with Crippen molar-refractivity contribution < 1.29 is 19.5 Å². The number of carboxylic acids is 1. The number of anilines is 1. The van der Waals surface area contributed by atoms with E-state index in [0.717, 1.165) is 11.0 Å². The lowest BCUT2D eigenvalue weighted by atomic mass is 10.0. The number of hydrogen-bond donors (Lipinski definition) is 2. The molecule has 160 valence electrons. The van der Waals surface area contributed by atoms with Crippen molar-refractivity contribution >= 4 is 34.9 Å². The fourth-order valence-corrected chi connectivity index (χ4v) is 4.39. The van der Waals surface area contributed by atoms with Gasteiger partial charge in [0.2, 0.25) is 11.9 Å². The summed E-state index contributed by atoms with van der Waals surface area (Å²) in [6.45, 7) is 5.46. The van der Waals surface area contributed by atoms with Crippen LogP contribution in [0.5, 0.6) is 0 Å². The van der Waals surface area contributed by atoms with Crippen molar-refractivity contribution in [1.29, 1.82) is 0 Å². The molecule has 1 saturated heterocycles. The van der Waals surface area contributed by atoms with E-state index in [9.17, 15) is 19.5 Å². The summed E-state index contributed by atoms with van der Waals surface area (Å²) >= 11 is 0. The molecule has 1 aromatic heterocycles. The summed E-state index contributed by atoms with van der Waals surface area (Å²) in [5.41, 5.74) is 1.79. The molecule has 0 unspecified atom stereocenters. The maximum atomic E-state index is 13.1. The van der Waals surface area contributed by atoms with Crippen molar-refractivity contribution in [3.8, 4) is 0 Å². The van der Waals surface area contributed by atoms with E-state index in [1.54, 1.807) is 4.90 Å². The van der Waals surface area contributed by atoms with Gasteiger partial charge in [-0.25, -0.2) is 14.6 Å². The summed E-state index contributed by atoms with van der Waals surface area (Å²) in [7, 11) is 0. The number of rotatable bonds is 5. The molecule has 0 saturated carbocycles. The van der Waals surface area contributed by atoms with Crippen LogP contribution in [0.25, 0.3) is 11.0 Å². The third kappa shape index (κ3) is 3.59. The number of imidazole rings is 1. The first-order valence-corrected chi connectivity index (χ1v) is 10.4. The second kappa shape index (κ2) is 7.97. The first-order valence-electron chi connectivity index (χ1n) is 10.4. The third-order valence-electron chi connectivity index (χ3n) is 5.79. The number of nitrogens with zero attached hydrogens (tertiary/aromatic N) is 4. The molecule has 0 spiro atoms. The van der Waals surface area contributed by atoms with Gasteiger partial charge in [-0.3, -0.25) is 9.69 Å². The number of amides is 3. The maximum Gasteiger partial charge on any atom is 0.326 e. The molecule has 2 aromatic rings. The molecule has 0 bridgehead atoms. The minimum atomic E-state index is -0.997. The highest BCUT2D eigenvalue weighted by molar-refractivity contribution is 5.97. The van der Waals surface area contributed by atoms with E-state index in [0.29, 0.717) is 44.8 Å². The number of urea groups is 1. The highest BCUT2D eigenvalue weighted by Gasteiger charge is 2.39. The van der Waals surface area contributed by atoms with Gasteiger partial charge in [0, 0.05) is 19.6 Å². The van der Waals surface area contributed by atoms with Gasteiger partial charge in [-0.15, -0.1) is 0 Å². The third-order valence-corrected chi connectivity index (χ3v) is 5.79. The summed E-state index contributed by atoms with van der Waals surface area (Å²) in [6, 6.07) is 5.75. The smallest absolute Gasteiger partial charge is 0.326 e. The zero-order valence-electron chi connectivity index (χ0n) is 17.2. The molecule has 2 aliphatic heterocycles. The van der Waals surface area contributed by atoms with E-state index in [4.69, 9.17) is 0 Å². The van der Waals surface area contributed by atoms with Crippen LogP contribution in [0.4, 0.5) is 10.7 Å². The summed E-state index contributed by atoms with van der Waals surface area (Å²) < 4.78 is 2.00. The Morgan fingerprint density at radius 3 is 2.70 bits per heavy atom. The van der Waals surface area contributed by atoms with Gasteiger partial charge in [0.25, 0.3) is 0 Å². The first-order chi connectivity index (χ1) is 14.4. The lowest BCUT2D eigenvalue weighted by Gasteiger charge is -2.29. The van der Waals surface area contributed by atoms with Crippen molar-refractivity contribution in [3.63, 3.8) is 0 Å². The van der Waals surface area contributed by atoms with Gasteiger partial charge < -0.3 is 19.9 Å². The van der Waals surface area contributed by atoms with Crippen LogP contribution in [0.2, 0.25) is 0 Å². The van der Waals surface area contributed by atoms with E-state index in [1.807, 2.05) is 42.7 Å². The molecule has 3 amide bonds. The SMILES string of the molecule is CC(C)C[C@H](NC(=O)N1CCn2c1nc1ccccc12)C(=O)N1CCC[C@@H]1C(=O)O. The number of para-hydroxylation sites is 2. The van der Waals surface area contributed by atoms with Crippen molar-refractivity contribution in [1.82, 2.24) is 19.8 Å². The molecule has 3 heterocycles. The Bertz CT molecular complexity index is 985. The number of aliphatic carboxylic acids is 1. The molecular formula is C21H27N5O4. The number of fused-ring (bicyclic) bond motifs is 3. The van der Waals surface area contributed by atoms with E-state index in [-0.39, 0.29) is 17.9 Å². The van der Waals surface area contributed by atoms with Gasteiger partial charge >= 0.3 is 12.0 Å². The maximum absolute atomic E-state index is 13.1. The molecule has 30 heavy (non-hydrogen) atoms. The van der Waals surface area contributed by atoms with Gasteiger partial charge in [-0.05, 0) is 37.3 Å². The lowest BCUT2D eigenvalue weighted by molar-refractivity contribution is -0.149. The predicted molar refractivity (Wildman–Crippen MR) is 111 cm³/mol. The average Bonchev–Trinajstić information content (AvgIpc) is 3.41. The Hall–Kier alpha value is -3.10. The lowest BCUT2D eigenvalue weighted by Crippen LogP contribution is -2.54. The molecular weight excluding hydrogens is 386 g/mol. The second-order valence-electron chi connectivity index (χ2n) is 8.36. The first kappa shape index (κ1) is 20.2. The van der Waals surface area contributed by atoms with Crippen LogP contribution in [0, 0.1) is 5.92 Å². The zero-order valence-corrected chi connectivity index (χ0v) is 17.2. The van der Waals surface area contributed by atoms with E-state index in [2.05, 4.69) is 10.3 Å². The molecule has 9 nitrogen and oxygen atoms in total. The molecule has 9 heteroatoms. The van der Waals surface area contributed by atoms with Crippen molar-refractivity contribution in [2.24, 2.45) is 5.92 Å². The second-order valence-corrected chi connectivity index (χ2v) is 8.36. The zero-order chi connectivity index (χ0) is 21.4. The van der Waals surface area contributed by atoms with E-state index in [1.165, 1.54) is 4.90 Å². The number of hydrogen-bond acceptors (Lipinski definition) is 4. The van der Waals surface area contributed by atoms with Crippen LogP contribution in [0.3, 0.4) is 0 Å². The Labute approximate surface area is 174 Å². The predicted octanol–water partition coefficient (Wildman–Crippen LogP) is 2.06. The number of carboxylic acid groups (broad SMARTS) is 1. The van der Waals surface area contributed by atoms with Gasteiger partial charge in [-0.2, -0.15) is 0 Å². The van der Waals surface area contributed by atoms with Crippen molar-refractivity contribution in [3.05, 3.63) is 24.3 Å². The Balaban J connectivity index is 1.54. The standard InChI is InChI=1S/C21H27N5O4/c1-13(2)12-15(18(27)24-9-5-8-17(24)19(28)29)23-21(30)26-11-10-25-16-7-4-3-6-14(16)22-20(25)26/h3-4,6-7,13,15,17H,5,8-12H2,1-2H3,(H,23,30)(H,28,29)/t15-,17+/m0/s1.